The van der Waals surface area contributed by atoms with Crippen molar-refractivity contribution in [1.29, 1.82) is 0 Å². The zero-order chi connectivity index (χ0) is 25.1. The Morgan fingerprint density at radius 1 is 0.861 bits per heavy atom. The van der Waals surface area contributed by atoms with Crippen molar-refractivity contribution >= 4 is 39.8 Å². The molecule has 4 aromatic carbocycles. The Hall–Kier alpha value is -4.03. The van der Waals surface area contributed by atoms with Gasteiger partial charge in [-0.15, -0.1) is 0 Å². The van der Waals surface area contributed by atoms with Crippen molar-refractivity contribution in [1.82, 2.24) is 4.90 Å². The minimum absolute atomic E-state index is 0.247. The average Bonchev–Trinajstić information content (AvgIpc) is 3.16. The second kappa shape index (κ2) is 10.3. The first kappa shape index (κ1) is 23.7. The number of nitrogens with zero attached hydrogens (tertiary/aromatic N) is 1. The van der Waals surface area contributed by atoms with Crippen LogP contribution in [0.5, 0.6) is 11.5 Å². The number of methoxy groups -OCH3 is 1. The highest BCUT2D eigenvalue weighted by Crippen LogP contribution is 2.38. The molecule has 1 aliphatic rings. The summed E-state index contributed by atoms with van der Waals surface area (Å²) in [5.41, 5.74) is 3.71. The Kier molecular flexibility index (Phi) is 6.78. The molecule has 1 heterocycles. The van der Waals surface area contributed by atoms with Gasteiger partial charge in [0.25, 0.3) is 11.1 Å². The van der Waals surface area contributed by atoms with Crippen molar-refractivity contribution in [3.05, 3.63) is 112 Å². The number of imide groups is 1. The normalized spacial score (nSPS) is 14.6. The number of rotatable bonds is 7. The van der Waals surface area contributed by atoms with Crippen LogP contribution in [0.25, 0.3) is 16.8 Å². The fraction of sp³-hybridized carbons (Fsp3) is 0.133. The van der Waals surface area contributed by atoms with Gasteiger partial charge in [0.05, 0.1) is 18.6 Å². The molecule has 5 rings (SSSR count). The van der Waals surface area contributed by atoms with Gasteiger partial charge in [-0.3, -0.25) is 14.5 Å². The molecular formula is C30H25NO4S. The van der Waals surface area contributed by atoms with E-state index < -0.39 is 0 Å². The van der Waals surface area contributed by atoms with E-state index in [4.69, 9.17) is 9.47 Å². The third kappa shape index (κ3) is 4.72. The highest BCUT2D eigenvalue weighted by atomic mass is 32.2. The molecule has 6 heteroatoms. The summed E-state index contributed by atoms with van der Waals surface area (Å²) in [6.45, 7) is 2.55. The van der Waals surface area contributed by atoms with Crippen LogP contribution in [-0.4, -0.2) is 23.2 Å². The first-order valence-corrected chi connectivity index (χ1v) is 12.4. The van der Waals surface area contributed by atoms with E-state index >= 15 is 0 Å². The zero-order valence-corrected chi connectivity index (χ0v) is 20.9. The van der Waals surface area contributed by atoms with Crippen molar-refractivity contribution in [3.63, 3.8) is 0 Å². The molecule has 1 saturated heterocycles. The topological polar surface area (TPSA) is 55.8 Å². The van der Waals surface area contributed by atoms with Crippen LogP contribution in [0.1, 0.15) is 22.3 Å². The molecule has 180 valence electrons. The standard InChI is InChI=1S/C30H25NO4S/c1-20-9-3-4-11-23(20)18-31-29(32)27(36-30(31)33)17-22-13-8-16-26(34-2)28(22)35-19-24-14-7-12-21-10-5-6-15-25(21)24/h3-17H,18-19H2,1-2H3/b27-17-. The number of para-hydroxylation sites is 1. The third-order valence-electron chi connectivity index (χ3n) is 6.23. The van der Waals surface area contributed by atoms with Crippen LogP contribution in [0, 0.1) is 6.92 Å². The molecule has 0 bridgehead atoms. The minimum atomic E-state index is -0.309. The second-order valence-corrected chi connectivity index (χ2v) is 9.49. The van der Waals surface area contributed by atoms with Crippen LogP contribution < -0.4 is 9.47 Å². The molecule has 1 fully saturated rings. The number of hydrogen-bond acceptors (Lipinski definition) is 5. The van der Waals surface area contributed by atoms with Crippen LogP contribution in [-0.2, 0) is 17.9 Å². The highest BCUT2D eigenvalue weighted by molar-refractivity contribution is 8.18. The molecule has 36 heavy (non-hydrogen) atoms. The fourth-order valence-electron chi connectivity index (χ4n) is 4.27. The lowest BCUT2D eigenvalue weighted by Gasteiger charge is -2.15. The number of aryl methyl sites for hydroxylation is 1. The first-order chi connectivity index (χ1) is 17.5. The van der Waals surface area contributed by atoms with Gasteiger partial charge in [-0.2, -0.15) is 0 Å². The van der Waals surface area contributed by atoms with Crippen LogP contribution >= 0.6 is 11.8 Å². The van der Waals surface area contributed by atoms with E-state index in [0.717, 1.165) is 39.2 Å². The maximum absolute atomic E-state index is 13.2. The van der Waals surface area contributed by atoms with Gasteiger partial charge in [0.2, 0.25) is 0 Å². The van der Waals surface area contributed by atoms with E-state index in [2.05, 4.69) is 18.2 Å². The molecular weight excluding hydrogens is 470 g/mol. The number of hydrogen-bond donors (Lipinski definition) is 0. The molecule has 0 radical (unpaired) electrons. The van der Waals surface area contributed by atoms with Gasteiger partial charge in [0, 0.05) is 5.56 Å². The summed E-state index contributed by atoms with van der Waals surface area (Å²) in [6, 6.07) is 27.5. The molecule has 1 aliphatic heterocycles. The minimum Gasteiger partial charge on any atom is -0.493 e. The van der Waals surface area contributed by atoms with E-state index in [0.29, 0.717) is 28.6 Å². The zero-order valence-electron chi connectivity index (χ0n) is 20.1. The molecule has 2 amide bonds. The fourth-order valence-corrected chi connectivity index (χ4v) is 5.09. The number of fused-ring (bicyclic) bond motifs is 1. The smallest absolute Gasteiger partial charge is 0.293 e. The van der Waals surface area contributed by atoms with Gasteiger partial charge in [-0.25, -0.2) is 0 Å². The van der Waals surface area contributed by atoms with Crippen molar-refractivity contribution in [2.45, 2.75) is 20.1 Å². The molecule has 0 aromatic heterocycles. The summed E-state index contributed by atoms with van der Waals surface area (Å²) in [4.78, 5) is 27.5. The molecule has 5 nitrogen and oxygen atoms in total. The average molecular weight is 496 g/mol. The summed E-state index contributed by atoms with van der Waals surface area (Å²) in [7, 11) is 1.58. The Morgan fingerprint density at radius 3 is 2.42 bits per heavy atom. The van der Waals surface area contributed by atoms with Crippen LogP contribution in [0.15, 0.2) is 89.8 Å². The Labute approximate surface area is 214 Å². The van der Waals surface area contributed by atoms with E-state index in [-0.39, 0.29) is 17.7 Å². The molecule has 4 aromatic rings. The maximum Gasteiger partial charge on any atom is 0.293 e. The molecule has 0 unspecified atom stereocenters. The Morgan fingerprint density at radius 2 is 1.58 bits per heavy atom. The lowest BCUT2D eigenvalue weighted by atomic mass is 10.1. The summed E-state index contributed by atoms with van der Waals surface area (Å²) in [6.07, 6.45) is 1.71. The molecule has 0 saturated carbocycles. The number of ether oxygens (including phenoxy) is 2. The quantitative estimate of drug-likeness (QED) is 0.259. The summed E-state index contributed by atoms with van der Waals surface area (Å²) in [5.74, 6) is 0.776. The SMILES string of the molecule is COc1cccc(/C=C2\SC(=O)N(Cc3ccccc3C)C2=O)c1OCc1cccc2ccccc12. The van der Waals surface area contributed by atoms with Gasteiger partial charge < -0.3 is 9.47 Å². The maximum atomic E-state index is 13.2. The van der Waals surface area contributed by atoms with Gasteiger partial charge in [0.15, 0.2) is 11.5 Å². The van der Waals surface area contributed by atoms with E-state index in [1.165, 1.54) is 4.90 Å². The predicted molar refractivity (Wildman–Crippen MR) is 144 cm³/mol. The molecule has 0 aliphatic carbocycles. The highest BCUT2D eigenvalue weighted by Gasteiger charge is 2.35. The van der Waals surface area contributed by atoms with Gasteiger partial charge in [0.1, 0.15) is 6.61 Å². The largest absolute Gasteiger partial charge is 0.493 e. The number of carbonyl (C=O) groups is 2. The summed E-state index contributed by atoms with van der Waals surface area (Å²) >= 11 is 0.942. The Balaban J connectivity index is 1.43. The molecule has 0 N–H and O–H groups in total. The number of benzene rings is 4. The monoisotopic (exact) mass is 495 g/mol. The summed E-state index contributed by atoms with van der Waals surface area (Å²) < 4.78 is 11.8. The van der Waals surface area contributed by atoms with Crippen molar-refractivity contribution in [3.8, 4) is 11.5 Å². The van der Waals surface area contributed by atoms with Gasteiger partial charge in [-0.1, -0.05) is 78.9 Å². The number of amides is 2. The lowest BCUT2D eigenvalue weighted by molar-refractivity contribution is -0.123. The molecule has 0 atom stereocenters. The van der Waals surface area contributed by atoms with Gasteiger partial charge in [-0.05, 0) is 58.3 Å². The lowest BCUT2D eigenvalue weighted by Crippen LogP contribution is -2.27. The van der Waals surface area contributed by atoms with Crippen LogP contribution in [0.4, 0.5) is 4.79 Å². The number of thioether (sulfide) groups is 1. The summed E-state index contributed by atoms with van der Waals surface area (Å²) in [5, 5.41) is 1.98. The predicted octanol–water partition coefficient (Wildman–Crippen LogP) is 6.97. The second-order valence-electron chi connectivity index (χ2n) is 8.50. The number of carbonyl (C=O) groups excluding carboxylic acids is 2. The van der Waals surface area contributed by atoms with Crippen molar-refractivity contribution in [2.75, 3.05) is 7.11 Å². The first-order valence-electron chi connectivity index (χ1n) is 11.6. The van der Waals surface area contributed by atoms with Crippen LogP contribution in [0.3, 0.4) is 0 Å². The van der Waals surface area contributed by atoms with Crippen LogP contribution in [0.2, 0.25) is 0 Å². The van der Waals surface area contributed by atoms with E-state index in [9.17, 15) is 9.59 Å². The van der Waals surface area contributed by atoms with Crippen molar-refractivity contribution in [2.24, 2.45) is 0 Å². The van der Waals surface area contributed by atoms with E-state index in [1.54, 1.807) is 13.2 Å². The molecule has 0 spiro atoms. The van der Waals surface area contributed by atoms with E-state index in [1.807, 2.05) is 73.7 Å². The van der Waals surface area contributed by atoms with Crippen molar-refractivity contribution < 1.29 is 19.1 Å². The Bertz CT molecular complexity index is 1490. The third-order valence-corrected chi connectivity index (χ3v) is 7.14. The van der Waals surface area contributed by atoms with Gasteiger partial charge >= 0.3 is 0 Å².